The molecule has 0 atom stereocenters. The first-order valence-corrected chi connectivity index (χ1v) is 9.01. The number of piperidine rings is 1. The largest absolute Gasteiger partial charge is 0.444 e. The van der Waals surface area contributed by atoms with Crippen LogP contribution in [0.15, 0.2) is 24.3 Å². The van der Waals surface area contributed by atoms with Gasteiger partial charge in [0, 0.05) is 36.8 Å². The van der Waals surface area contributed by atoms with Gasteiger partial charge in [0.25, 0.3) is 0 Å². The summed E-state index contributed by atoms with van der Waals surface area (Å²) in [6.07, 6.45) is 1.83. The first-order valence-electron chi connectivity index (χ1n) is 9.01. The van der Waals surface area contributed by atoms with E-state index in [1.165, 1.54) is 11.3 Å². The first-order chi connectivity index (χ1) is 11.2. The van der Waals surface area contributed by atoms with E-state index in [1.807, 2.05) is 25.7 Å². The Morgan fingerprint density at radius 3 is 2.42 bits per heavy atom. The van der Waals surface area contributed by atoms with E-state index in [0.29, 0.717) is 6.04 Å². The highest BCUT2D eigenvalue weighted by Crippen LogP contribution is 2.42. The highest BCUT2D eigenvalue weighted by atomic mass is 16.6. The van der Waals surface area contributed by atoms with E-state index >= 15 is 0 Å². The van der Waals surface area contributed by atoms with Crippen LogP contribution in [-0.2, 0) is 10.2 Å². The van der Waals surface area contributed by atoms with E-state index in [-0.39, 0.29) is 11.5 Å². The lowest BCUT2D eigenvalue weighted by Gasteiger charge is -2.39. The standard InChI is InChI=1S/C20H30N2O2/c1-19(2,3)24-18(23)21-12-10-15(11-13-21)22-14-20(4,5)16-8-6-7-9-17(16)22/h6-9,15H,10-14H2,1-5H3. The summed E-state index contributed by atoms with van der Waals surface area (Å²) in [6.45, 7) is 13.0. The summed E-state index contributed by atoms with van der Waals surface area (Å²) < 4.78 is 5.50. The Morgan fingerprint density at radius 2 is 1.79 bits per heavy atom. The van der Waals surface area contributed by atoms with Crippen molar-refractivity contribution >= 4 is 11.8 Å². The number of ether oxygens (including phenoxy) is 1. The summed E-state index contributed by atoms with van der Waals surface area (Å²) in [5.74, 6) is 0. The van der Waals surface area contributed by atoms with E-state index in [0.717, 1.165) is 32.5 Å². The minimum Gasteiger partial charge on any atom is -0.444 e. The Kier molecular flexibility index (Phi) is 4.27. The zero-order valence-corrected chi connectivity index (χ0v) is 15.6. The number of carbonyl (C=O) groups is 1. The number of amides is 1. The van der Waals surface area contributed by atoms with Crippen molar-refractivity contribution in [3.05, 3.63) is 29.8 Å². The average Bonchev–Trinajstić information content (AvgIpc) is 2.78. The Labute approximate surface area is 145 Å². The van der Waals surface area contributed by atoms with E-state index in [2.05, 4.69) is 43.0 Å². The third-order valence-electron chi connectivity index (χ3n) is 5.07. The monoisotopic (exact) mass is 330 g/mol. The maximum atomic E-state index is 12.2. The molecule has 4 nitrogen and oxygen atoms in total. The molecule has 0 radical (unpaired) electrons. The second kappa shape index (κ2) is 5.98. The summed E-state index contributed by atoms with van der Waals surface area (Å²) in [7, 11) is 0. The van der Waals surface area contributed by atoms with Gasteiger partial charge in [0.15, 0.2) is 0 Å². The smallest absolute Gasteiger partial charge is 0.410 e. The molecule has 24 heavy (non-hydrogen) atoms. The van der Waals surface area contributed by atoms with Gasteiger partial charge in [-0.3, -0.25) is 0 Å². The number of hydrogen-bond acceptors (Lipinski definition) is 3. The molecule has 0 saturated carbocycles. The van der Waals surface area contributed by atoms with Crippen molar-refractivity contribution in [3.8, 4) is 0 Å². The number of fused-ring (bicyclic) bond motifs is 1. The fraction of sp³-hybridized carbons (Fsp3) is 0.650. The highest BCUT2D eigenvalue weighted by Gasteiger charge is 2.39. The quantitative estimate of drug-likeness (QED) is 0.774. The SMILES string of the molecule is CC(C)(C)OC(=O)N1CCC(N2CC(C)(C)c3ccccc32)CC1. The van der Waals surface area contributed by atoms with Gasteiger partial charge in [-0.2, -0.15) is 0 Å². The first kappa shape index (κ1) is 17.1. The number of benzene rings is 1. The van der Waals surface area contributed by atoms with Crippen molar-refractivity contribution in [2.75, 3.05) is 24.5 Å². The molecule has 3 rings (SSSR count). The van der Waals surface area contributed by atoms with Crippen LogP contribution in [0.25, 0.3) is 0 Å². The van der Waals surface area contributed by atoms with Crippen LogP contribution in [0.5, 0.6) is 0 Å². The Balaban J connectivity index is 1.65. The number of rotatable bonds is 1. The van der Waals surface area contributed by atoms with Gasteiger partial charge in [-0.25, -0.2) is 4.79 Å². The predicted molar refractivity (Wildman–Crippen MR) is 97.6 cm³/mol. The Hall–Kier alpha value is -1.71. The molecule has 1 amide bonds. The van der Waals surface area contributed by atoms with Gasteiger partial charge < -0.3 is 14.5 Å². The zero-order chi connectivity index (χ0) is 17.5. The molecule has 1 fully saturated rings. The van der Waals surface area contributed by atoms with Gasteiger partial charge in [-0.05, 0) is 45.2 Å². The average molecular weight is 330 g/mol. The van der Waals surface area contributed by atoms with Gasteiger partial charge in [0.2, 0.25) is 0 Å². The maximum absolute atomic E-state index is 12.2. The summed E-state index contributed by atoms with van der Waals surface area (Å²) in [5, 5.41) is 0. The molecule has 0 aromatic heterocycles. The Bertz CT molecular complexity index is 610. The van der Waals surface area contributed by atoms with E-state index in [1.54, 1.807) is 0 Å². The second-order valence-electron chi connectivity index (χ2n) is 8.73. The minimum atomic E-state index is -0.425. The van der Waals surface area contributed by atoms with E-state index < -0.39 is 5.60 Å². The lowest BCUT2D eigenvalue weighted by atomic mass is 9.87. The van der Waals surface area contributed by atoms with Crippen LogP contribution < -0.4 is 4.90 Å². The van der Waals surface area contributed by atoms with Crippen LogP contribution in [0.4, 0.5) is 10.5 Å². The van der Waals surface area contributed by atoms with Gasteiger partial charge in [0.1, 0.15) is 5.60 Å². The maximum Gasteiger partial charge on any atom is 0.410 e. The molecule has 2 aliphatic rings. The number of carbonyl (C=O) groups excluding carboxylic acids is 1. The number of nitrogens with zero attached hydrogens (tertiary/aromatic N) is 2. The van der Waals surface area contributed by atoms with Crippen molar-refractivity contribution in [3.63, 3.8) is 0 Å². The second-order valence-corrected chi connectivity index (χ2v) is 8.73. The van der Waals surface area contributed by atoms with Gasteiger partial charge in [-0.15, -0.1) is 0 Å². The summed E-state index contributed by atoms with van der Waals surface area (Å²) >= 11 is 0. The van der Waals surface area contributed by atoms with Gasteiger partial charge in [0.05, 0.1) is 0 Å². The third kappa shape index (κ3) is 3.38. The molecule has 0 unspecified atom stereocenters. The van der Waals surface area contributed by atoms with Crippen LogP contribution in [0.1, 0.15) is 53.0 Å². The summed E-state index contributed by atoms with van der Waals surface area (Å²) in [4.78, 5) is 16.6. The summed E-state index contributed by atoms with van der Waals surface area (Å²) in [5.41, 5.74) is 2.59. The van der Waals surface area contributed by atoms with Crippen LogP contribution in [0.3, 0.4) is 0 Å². The number of hydrogen-bond donors (Lipinski definition) is 0. The molecule has 1 aromatic carbocycles. The molecule has 0 bridgehead atoms. The lowest BCUT2D eigenvalue weighted by molar-refractivity contribution is 0.0204. The van der Waals surface area contributed by atoms with Crippen LogP contribution >= 0.6 is 0 Å². The van der Waals surface area contributed by atoms with Crippen molar-refractivity contribution in [1.82, 2.24) is 4.90 Å². The number of para-hydroxylation sites is 1. The number of anilines is 1. The minimum absolute atomic E-state index is 0.178. The lowest BCUT2D eigenvalue weighted by Crippen LogP contribution is -2.48. The van der Waals surface area contributed by atoms with Crippen molar-refractivity contribution in [2.45, 2.75) is 64.5 Å². The molecular weight excluding hydrogens is 300 g/mol. The summed E-state index contributed by atoms with van der Waals surface area (Å²) in [6, 6.07) is 9.26. The zero-order valence-electron chi connectivity index (χ0n) is 15.6. The van der Waals surface area contributed by atoms with Crippen molar-refractivity contribution in [2.24, 2.45) is 0 Å². The van der Waals surface area contributed by atoms with Crippen LogP contribution in [0.2, 0.25) is 0 Å². The fourth-order valence-corrected chi connectivity index (χ4v) is 3.90. The van der Waals surface area contributed by atoms with Crippen LogP contribution in [-0.4, -0.2) is 42.3 Å². The molecule has 132 valence electrons. The molecular formula is C20H30N2O2. The molecule has 0 spiro atoms. The van der Waals surface area contributed by atoms with E-state index in [9.17, 15) is 4.79 Å². The number of likely N-dealkylation sites (tertiary alicyclic amines) is 1. The third-order valence-corrected chi connectivity index (χ3v) is 5.07. The molecule has 2 heterocycles. The van der Waals surface area contributed by atoms with Gasteiger partial charge in [-0.1, -0.05) is 32.0 Å². The Morgan fingerprint density at radius 1 is 1.17 bits per heavy atom. The predicted octanol–water partition coefficient (Wildman–Crippen LogP) is 4.18. The van der Waals surface area contributed by atoms with E-state index in [4.69, 9.17) is 4.74 Å². The van der Waals surface area contributed by atoms with Crippen molar-refractivity contribution in [1.29, 1.82) is 0 Å². The highest BCUT2D eigenvalue weighted by molar-refractivity contribution is 5.68. The molecule has 1 aromatic rings. The normalized spacial score (nSPS) is 20.9. The molecule has 2 aliphatic heterocycles. The van der Waals surface area contributed by atoms with Crippen molar-refractivity contribution < 1.29 is 9.53 Å². The molecule has 1 saturated heterocycles. The van der Waals surface area contributed by atoms with Gasteiger partial charge >= 0.3 is 6.09 Å². The topological polar surface area (TPSA) is 32.8 Å². The van der Waals surface area contributed by atoms with Crippen LogP contribution in [0, 0.1) is 0 Å². The molecule has 0 aliphatic carbocycles. The molecule has 0 N–H and O–H groups in total. The fourth-order valence-electron chi connectivity index (χ4n) is 3.90. The molecule has 4 heteroatoms.